The topological polar surface area (TPSA) is 123 Å². The molecule has 0 aromatic heterocycles. The van der Waals surface area contributed by atoms with Gasteiger partial charge in [-0.2, -0.15) is 0 Å². The highest BCUT2D eigenvalue weighted by atomic mass is 35.5. The number of amides is 1. The molecular formula is C17H15ClN4O5. The van der Waals surface area contributed by atoms with Gasteiger partial charge in [-0.1, -0.05) is 17.7 Å². The van der Waals surface area contributed by atoms with E-state index < -0.39 is 10.8 Å². The molecule has 0 saturated heterocycles. The molecule has 10 heteroatoms. The number of nitrogens with zero attached hydrogens (tertiary/aromatic N) is 3. The molecule has 27 heavy (non-hydrogen) atoms. The van der Waals surface area contributed by atoms with Crippen LogP contribution in [0.2, 0.25) is 5.02 Å². The molecule has 1 amide bonds. The van der Waals surface area contributed by atoms with Crippen LogP contribution in [0.1, 0.15) is 13.3 Å². The summed E-state index contributed by atoms with van der Waals surface area (Å²) in [5, 5.41) is 21.6. The number of ketones is 1. The van der Waals surface area contributed by atoms with E-state index in [1.165, 1.54) is 32.2 Å². The Labute approximate surface area is 159 Å². The third kappa shape index (κ3) is 5.32. The molecule has 2 rings (SSSR count). The molecule has 0 fully saturated rings. The van der Waals surface area contributed by atoms with Crippen molar-refractivity contribution in [3.63, 3.8) is 0 Å². The fourth-order valence-corrected chi connectivity index (χ4v) is 2.26. The summed E-state index contributed by atoms with van der Waals surface area (Å²) >= 11 is 6.00. The Morgan fingerprint density at radius 2 is 1.93 bits per heavy atom. The SMILES string of the molecule is COc1cccc(N=Nc2cc([N+](=O)[O-])ccc2Cl)c1NC(=O)CC(C)=O. The lowest BCUT2D eigenvalue weighted by Gasteiger charge is -2.11. The summed E-state index contributed by atoms with van der Waals surface area (Å²) in [7, 11) is 1.41. The number of azo groups is 1. The molecule has 0 aliphatic heterocycles. The third-order valence-corrected chi connectivity index (χ3v) is 3.62. The van der Waals surface area contributed by atoms with Gasteiger partial charge in [0.2, 0.25) is 5.91 Å². The Morgan fingerprint density at radius 3 is 2.56 bits per heavy atom. The number of halogens is 1. The van der Waals surface area contributed by atoms with Gasteiger partial charge in [-0.15, -0.1) is 10.2 Å². The van der Waals surface area contributed by atoms with Gasteiger partial charge in [-0.25, -0.2) is 0 Å². The maximum Gasteiger partial charge on any atom is 0.271 e. The van der Waals surface area contributed by atoms with Crippen LogP contribution in [-0.4, -0.2) is 23.7 Å². The average Bonchev–Trinajstić information content (AvgIpc) is 2.60. The van der Waals surface area contributed by atoms with E-state index in [1.54, 1.807) is 18.2 Å². The number of nitrogens with one attached hydrogen (secondary N) is 1. The molecule has 140 valence electrons. The van der Waals surface area contributed by atoms with E-state index in [2.05, 4.69) is 15.5 Å². The van der Waals surface area contributed by atoms with E-state index in [-0.39, 0.29) is 40.0 Å². The number of carbonyl (C=O) groups is 2. The lowest BCUT2D eigenvalue weighted by atomic mass is 10.2. The second kappa shape index (κ2) is 8.86. The zero-order valence-corrected chi connectivity index (χ0v) is 15.2. The molecule has 2 aromatic carbocycles. The smallest absolute Gasteiger partial charge is 0.271 e. The van der Waals surface area contributed by atoms with Gasteiger partial charge in [-0.05, 0) is 25.1 Å². The predicted molar refractivity (Wildman–Crippen MR) is 99.2 cm³/mol. The first-order valence-electron chi connectivity index (χ1n) is 7.63. The van der Waals surface area contributed by atoms with Crippen LogP contribution in [0.15, 0.2) is 46.6 Å². The van der Waals surface area contributed by atoms with Crippen molar-refractivity contribution in [2.45, 2.75) is 13.3 Å². The fraction of sp³-hybridized carbons (Fsp3) is 0.176. The van der Waals surface area contributed by atoms with Crippen LogP contribution < -0.4 is 10.1 Å². The van der Waals surface area contributed by atoms with Crippen LogP contribution in [0.4, 0.5) is 22.7 Å². The number of methoxy groups -OCH3 is 1. The number of rotatable bonds is 7. The number of hydrogen-bond donors (Lipinski definition) is 1. The summed E-state index contributed by atoms with van der Waals surface area (Å²) in [4.78, 5) is 33.4. The number of carbonyl (C=O) groups excluding carboxylic acids is 2. The Hall–Kier alpha value is -3.33. The highest BCUT2D eigenvalue weighted by Crippen LogP contribution is 2.37. The number of non-ortho nitro benzene ring substituents is 1. The molecule has 0 saturated carbocycles. The second-order valence-corrected chi connectivity index (χ2v) is 5.78. The molecule has 0 spiro atoms. The van der Waals surface area contributed by atoms with Crippen LogP contribution in [0.3, 0.4) is 0 Å². The van der Waals surface area contributed by atoms with Crippen molar-refractivity contribution in [3.8, 4) is 5.75 Å². The molecule has 0 bridgehead atoms. The molecule has 0 aliphatic carbocycles. The summed E-state index contributed by atoms with van der Waals surface area (Å²) in [5.74, 6) is -0.515. The molecule has 0 aliphatic rings. The predicted octanol–water partition coefficient (Wildman–Crippen LogP) is 4.59. The summed E-state index contributed by atoms with van der Waals surface area (Å²) in [6.45, 7) is 1.30. The van der Waals surface area contributed by atoms with Crippen LogP contribution in [0.5, 0.6) is 5.75 Å². The van der Waals surface area contributed by atoms with Crippen molar-refractivity contribution < 1.29 is 19.2 Å². The number of ether oxygens (including phenoxy) is 1. The number of Topliss-reactive ketones (excluding diaryl/α,β-unsaturated/α-hetero) is 1. The van der Waals surface area contributed by atoms with Crippen molar-refractivity contribution in [2.75, 3.05) is 12.4 Å². The van der Waals surface area contributed by atoms with E-state index in [0.29, 0.717) is 5.75 Å². The van der Waals surface area contributed by atoms with Gasteiger partial charge in [-0.3, -0.25) is 19.7 Å². The summed E-state index contributed by atoms with van der Waals surface area (Å²) in [6.07, 6.45) is -0.300. The van der Waals surface area contributed by atoms with Gasteiger partial charge < -0.3 is 10.1 Å². The molecule has 0 unspecified atom stereocenters. The van der Waals surface area contributed by atoms with Gasteiger partial charge in [0.05, 0.1) is 23.5 Å². The highest BCUT2D eigenvalue weighted by Gasteiger charge is 2.14. The van der Waals surface area contributed by atoms with Crippen LogP contribution in [-0.2, 0) is 9.59 Å². The van der Waals surface area contributed by atoms with Crippen LogP contribution in [0, 0.1) is 10.1 Å². The average molecular weight is 391 g/mol. The summed E-state index contributed by atoms with van der Waals surface area (Å²) < 4.78 is 5.20. The minimum Gasteiger partial charge on any atom is -0.494 e. The molecular weight excluding hydrogens is 376 g/mol. The maximum absolute atomic E-state index is 11.9. The fourth-order valence-electron chi connectivity index (χ4n) is 2.11. The largest absolute Gasteiger partial charge is 0.494 e. The third-order valence-electron chi connectivity index (χ3n) is 3.30. The van der Waals surface area contributed by atoms with Crippen LogP contribution in [0.25, 0.3) is 0 Å². The normalized spacial score (nSPS) is 10.6. The zero-order valence-electron chi connectivity index (χ0n) is 14.4. The van der Waals surface area contributed by atoms with Crippen molar-refractivity contribution in [3.05, 3.63) is 51.5 Å². The Bertz CT molecular complexity index is 930. The van der Waals surface area contributed by atoms with Crippen molar-refractivity contribution in [1.29, 1.82) is 0 Å². The van der Waals surface area contributed by atoms with Crippen LogP contribution >= 0.6 is 11.6 Å². The molecule has 0 atom stereocenters. The van der Waals surface area contributed by atoms with Crippen molar-refractivity contribution in [1.82, 2.24) is 0 Å². The van der Waals surface area contributed by atoms with Gasteiger partial charge in [0.1, 0.15) is 28.6 Å². The van der Waals surface area contributed by atoms with Gasteiger partial charge in [0.15, 0.2) is 0 Å². The van der Waals surface area contributed by atoms with E-state index in [4.69, 9.17) is 16.3 Å². The van der Waals surface area contributed by atoms with Gasteiger partial charge in [0.25, 0.3) is 5.69 Å². The van der Waals surface area contributed by atoms with Crippen molar-refractivity contribution >= 4 is 46.0 Å². The lowest BCUT2D eigenvalue weighted by molar-refractivity contribution is -0.384. The maximum atomic E-state index is 11.9. The standard InChI is InChI=1S/C17H15ClN4O5/c1-10(23)8-16(24)19-17-13(4-3-5-15(17)27-2)20-21-14-9-11(22(25)26)6-7-12(14)18/h3-7,9H,8H2,1-2H3,(H,19,24). The Balaban J connectivity index is 2.40. The van der Waals surface area contributed by atoms with E-state index in [0.717, 1.165) is 0 Å². The van der Waals surface area contributed by atoms with E-state index in [9.17, 15) is 19.7 Å². The lowest BCUT2D eigenvalue weighted by Crippen LogP contribution is -2.15. The number of para-hydroxylation sites is 1. The first-order valence-corrected chi connectivity index (χ1v) is 8.01. The first kappa shape index (κ1) is 20.0. The van der Waals surface area contributed by atoms with E-state index in [1.807, 2.05) is 0 Å². The monoisotopic (exact) mass is 390 g/mol. The van der Waals surface area contributed by atoms with Gasteiger partial charge in [0, 0.05) is 12.1 Å². The van der Waals surface area contributed by atoms with E-state index >= 15 is 0 Å². The Morgan fingerprint density at radius 1 is 1.22 bits per heavy atom. The minimum atomic E-state index is -0.575. The number of nitro benzene ring substituents is 1. The number of nitro groups is 1. The zero-order chi connectivity index (χ0) is 20.0. The number of hydrogen-bond acceptors (Lipinski definition) is 7. The number of benzene rings is 2. The van der Waals surface area contributed by atoms with Crippen molar-refractivity contribution in [2.24, 2.45) is 10.2 Å². The molecule has 1 N–H and O–H groups in total. The minimum absolute atomic E-state index is 0.0923. The second-order valence-electron chi connectivity index (χ2n) is 5.37. The molecule has 0 heterocycles. The van der Waals surface area contributed by atoms with Gasteiger partial charge >= 0.3 is 0 Å². The Kier molecular flexibility index (Phi) is 6.56. The summed E-state index contributed by atoms with van der Waals surface area (Å²) in [6, 6.07) is 8.56. The molecule has 9 nitrogen and oxygen atoms in total. The first-order chi connectivity index (χ1) is 12.8. The quantitative estimate of drug-likeness (QED) is 0.320. The molecule has 0 radical (unpaired) electrons. The summed E-state index contributed by atoms with van der Waals surface area (Å²) in [5.41, 5.74) is 0.356. The number of anilines is 1. The highest BCUT2D eigenvalue weighted by molar-refractivity contribution is 6.33. The molecule has 2 aromatic rings.